The van der Waals surface area contributed by atoms with E-state index in [4.69, 9.17) is 4.52 Å². The highest BCUT2D eigenvalue weighted by Gasteiger charge is 2.14. The van der Waals surface area contributed by atoms with E-state index >= 15 is 0 Å². The van der Waals surface area contributed by atoms with Crippen LogP contribution in [0, 0.1) is 13.8 Å². The van der Waals surface area contributed by atoms with Gasteiger partial charge in [0.2, 0.25) is 0 Å². The highest BCUT2D eigenvalue weighted by atomic mass is 16.5. The van der Waals surface area contributed by atoms with Crippen molar-refractivity contribution < 1.29 is 9.32 Å². The zero-order valence-electron chi connectivity index (χ0n) is 15.0. The van der Waals surface area contributed by atoms with E-state index in [2.05, 4.69) is 30.9 Å². The van der Waals surface area contributed by atoms with Crippen LogP contribution in [-0.4, -0.2) is 37.5 Å². The van der Waals surface area contributed by atoms with Crippen LogP contribution >= 0.6 is 0 Å². The summed E-state index contributed by atoms with van der Waals surface area (Å²) in [6.45, 7) is 6.64. The summed E-state index contributed by atoms with van der Waals surface area (Å²) in [5.41, 5.74) is 1.28. The number of carbonyl (C=O) groups excluding carboxylic acids is 1. The summed E-state index contributed by atoms with van der Waals surface area (Å²) in [6.07, 6.45) is 0.681. The molecule has 0 atom stereocenters. The summed E-state index contributed by atoms with van der Waals surface area (Å²) in [7, 11) is 0. The van der Waals surface area contributed by atoms with Crippen LogP contribution in [0.1, 0.15) is 24.4 Å². The number of nitrogens with zero attached hydrogens (tertiary/aromatic N) is 5. The van der Waals surface area contributed by atoms with E-state index in [0.717, 1.165) is 5.82 Å². The number of hydrogen-bond acceptors (Lipinski definition) is 6. The number of anilines is 1. The standard InChI is InChI=1S/C17H21N7O2/c1-4-15-21-16(26-23-15)13-7-5-6-8-14(13)20-17(25)18-9-10-24-12(3)19-11(2)22-24/h5-8H,4,9-10H2,1-3H3,(H2,18,20,25). The minimum atomic E-state index is -0.317. The molecule has 2 heterocycles. The van der Waals surface area contributed by atoms with Crippen molar-refractivity contribution in [3.63, 3.8) is 0 Å². The lowest BCUT2D eigenvalue weighted by molar-refractivity contribution is 0.251. The summed E-state index contributed by atoms with van der Waals surface area (Å²) < 4.78 is 7.03. The van der Waals surface area contributed by atoms with Crippen molar-refractivity contribution in [2.75, 3.05) is 11.9 Å². The zero-order valence-corrected chi connectivity index (χ0v) is 15.0. The lowest BCUT2D eigenvalue weighted by Gasteiger charge is -2.10. The Labute approximate surface area is 150 Å². The minimum absolute atomic E-state index is 0.317. The highest BCUT2D eigenvalue weighted by Crippen LogP contribution is 2.26. The third kappa shape index (κ3) is 4.05. The van der Waals surface area contributed by atoms with Crippen molar-refractivity contribution in [2.45, 2.75) is 33.7 Å². The third-order valence-electron chi connectivity index (χ3n) is 3.76. The number of hydrogen-bond donors (Lipinski definition) is 2. The predicted octanol–water partition coefficient (Wildman–Crippen LogP) is 2.33. The maximum Gasteiger partial charge on any atom is 0.319 e. The monoisotopic (exact) mass is 355 g/mol. The maximum absolute atomic E-state index is 12.2. The topological polar surface area (TPSA) is 111 Å². The number of aromatic nitrogens is 5. The molecular weight excluding hydrogens is 334 g/mol. The van der Waals surface area contributed by atoms with Gasteiger partial charge in [0, 0.05) is 13.0 Å². The summed E-state index contributed by atoms with van der Waals surface area (Å²) in [5, 5.41) is 13.8. The van der Waals surface area contributed by atoms with Crippen molar-refractivity contribution in [1.82, 2.24) is 30.2 Å². The Morgan fingerprint density at radius 1 is 1.23 bits per heavy atom. The second kappa shape index (κ2) is 7.77. The fourth-order valence-corrected chi connectivity index (χ4v) is 2.50. The van der Waals surface area contributed by atoms with E-state index in [1.807, 2.05) is 39.0 Å². The molecule has 3 rings (SSSR count). The molecule has 136 valence electrons. The summed E-state index contributed by atoms with van der Waals surface area (Å²) in [6, 6.07) is 6.98. The maximum atomic E-state index is 12.2. The second-order valence-electron chi connectivity index (χ2n) is 5.73. The molecule has 2 N–H and O–H groups in total. The SMILES string of the molecule is CCc1noc(-c2ccccc2NC(=O)NCCn2nc(C)nc2C)n1. The van der Waals surface area contributed by atoms with Crippen molar-refractivity contribution >= 4 is 11.7 Å². The van der Waals surface area contributed by atoms with E-state index < -0.39 is 0 Å². The van der Waals surface area contributed by atoms with Crippen LogP contribution in [0.15, 0.2) is 28.8 Å². The van der Waals surface area contributed by atoms with Gasteiger partial charge in [-0.3, -0.25) is 0 Å². The number of para-hydroxylation sites is 1. The normalized spacial score (nSPS) is 10.7. The van der Waals surface area contributed by atoms with Gasteiger partial charge in [-0.25, -0.2) is 14.5 Å². The van der Waals surface area contributed by atoms with E-state index in [9.17, 15) is 4.79 Å². The molecule has 0 radical (unpaired) electrons. The molecule has 0 saturated carbocycles. The van der Waals surface area contributed by atoms with Gasteiger partial charge in [0.15, 0.2) is 5.82 Å². The number of carbonyl (C=O) groups is 1. The van der Waals surface area contributed by atoms with Crippen LogP contribution in [-0.2, 0) is 13.0 Å². The molecule has 0 saturated heterocycles. The fraction of sp³-hybridized carbons (Fsp3) is 0.353. The molecule has 0 bridgehead atoms. The number of amides is 2. The molecule has 9 heteroatoms. The zero-order chi connectivity index (χ0) is 18.5. The van der Waals surface area contributed by atoms with Crippen LogP contribution in [0.25, 0.3) is 11.5 Å². The van der Waals surface area contributed by atoms with Crippen molar-refractivity contribution in [3.8, 4) is 11.5 Å². The molecule has 2 amide bonds. The first-order valence-electron chi connectivity index (χ1n) is 8.41. The highest BCUT2D eigenvalue weighted by molar-refractivity contribution is 5.93. The molecule has 0 aliphatic carbocycles. The van der Waals surface area contributed by atoms with Gasteiger partial charge >= 0.3 is 6.03 Å². The minimum Gasteiger partial charge on any atom is -0.336 e. The molecule has 0 fully saturated rings. The van der Waals surface area contributed by atoms with Gasteiger partial charge in [0.1, 0.15) is 11.6 Å². The Bertz CT molecular complexity index is 900. The first-order valence-corrected chi connectivity index (χ1v) is 8.41. The Hall–Kier alpha value is -3.23. The molecule has 1 aromatic carbocycles. The molecule has 0 aliphatic rings. The van der Waals surface area contributed by atoms with Crippen LogP contribution in [0.4, 0.5) is 10.5 Å². The van der Waals surface area contributed by atoms with E-state index in [-0.39, 0.29) is 6.03 Å². The number of benzene rings is 1. The smallest absolute Gasteiger partial charge is 0.319 e. The first-order chi connectivity index (χ1) is 12.6. The van der Waals surface area contributed by atoms with E-state index in [1.165, 1.54) is 0 Å². The Morgan fingerprint density at radius 2 is 2.04 bits per heavy atom. The van der Waals surface area contributed by atoms with E-state index in [1.54, 1.807) is 10.7 Å². The summed E-state index contributed by atoms with van der Waals surface area (Å²) in [4.78, 5) is 20.7. The molecule has 9 nitrogen and oxygen atoms in total. The van der Waals surface area contributed by atoms with E-state index in [0.29, 0.717) is 48.3 Å². The largest absolute Gasteiger partial charge is 0.336 e. The van der Waals surface area contributed by atoms with Gasteiger partial charge < -0.3 is 15.2 Å². The van der Waals surface area contributed by atoms with Crippen molar-refractivity contribution in [2.24, 2.45) is 0 Å². The average molecular weight is 355 g/mol. The lowest BCUT2D eigenvalue weighted by Crippen LogP contribution is -2.32. The molecule has 26 heavy (non-hydrogen) atoms. The average Bonchev–Trinajstić information content (AvgIpc) is 3.22. The van der Waals surface area contributed by atoms with Crippen LogP contribution < -0.4 is 10.6 Å². The molecule has 0 unspecified atom stereocenters. The number of aryl methyl sites for hydroxylation is 3. The Balaban J connectivity index is 1.61. The molecular formula is C17H21N7O2. The Kier molecular flexibility index (Phi) is 5.26. The first kappa shape index (κ1) is 17.6. The molecule has 0 spiro atoms. The van der Waals surface area contributed by atoms with Gasteiger partial charge in [-0.15, -0.1) is 0 Å². The van der Waals surface area contributed by atoms with Gasteiger partial charge in [-0.2, -0.15) is 10.1 Å². The fourth-order valence-electron chi connectivity index (χ4n) is 2.50. The van der Waals surface area contributed by atoms with Crippen LogP contribution in [0.5, 0.6) is 0 Å². The van der Waals surface area contributed by atoms with Gasteiger partial charge in [0.05, 0.1) is 17.8 Å². The van der Waals surface area contributed by atoms with Gasteiger partial charge in [0.25, 0.3) is 5.89 Å². The summed E-state index contributed by atoms with van der Waals surface area (Å²) in [5.74, 6) is 2.54. The molecule has 3 aromatic rings. The summed E-state index contributed by atoms with van der Waals surface area (Å²) >= 11 is 0. The number of urea groups is 1. The van der Waals surface area contributed by atoms with Crippen LogP contribution in [0.2, 0.25) is 0 Å². The number of nitrogens with one attached hydrogen (secondary N) is 2. The second-order valence-corrected chi connectivity index (χ2v) is 5.73. The predicted molar refractivity (Wildman–Crippen MR) is 95.6 cm³/mol. The molecule has 0 aliphatic heterocycles. The molecule has 2 aromatic heterocycles. The van der Waals surface area contributed by atoms with Crippen LogP contribution in [0.3, 0.4) is 0 Å². The van der Waals surface area contributed by atoms with Crippen molar-refractivity contribution in [3.05, 3.63) is 41.7 Å². The number of rotatable bonds is 6. The van der Waals surface area contributed by atoms with Crippen molar-refractivity contribution in [1.29, 1.82) is 0 Å². The quantitative estimate of drug-likeness (QED) is 0.702. The lowest BCUT2D eigenvalue weighted by atomic mass is 10.2. The van der Waals surface area contributed by atoms with Gasteiger partial charge in [-0.05, 0) is 26.0 Å². The Morgan fingerprint density at radius 3 is 2.73 bits per heavy atom. The van der Waals surface area contributed by atoms with Gasteiger partial charge in [-0.1, -0.05) is 24.2 Å². The third-order valence-corrected chi connectivity index (χ3v) is 3.76.